The summed E-state index contributed by atoms with van der Waals surface area (Å²) in [4.78, 5) is 12.7. The van der Waals surface area contributed by atoms with Crippen molar-refractivity contribution in [3.05, 3.63) is 101 Å². The summed E-state index contributed by atoms with van der Waals surface area (Å²) in [6.07, 6.45) is 3.47. The molecule has 0 aliphatic rings. The van der Waals surface area contributed by atoms with E-state index in [1.54, 1.807) is 71.7 Å². The van der Waals surface area contributed by atoms with Crippen LogP contribution in [0.1, 0.15) is 10.4 Å². The maximum absolute atomic E-state index is 12.7. The average molecular weight is 497 g/mol. The summed E-state index contributed by atoms with van der Waals surface area (Å²) in [6, 6.07) is 21.6. The maximum Gasteiger partial charge on any atom is 0.261 e. The lowest BCUT2D eigenvalue weighted by Gasteiger charge is -2.11. The Kier molecular flexibility index (Phi) is 5.88. The second kappa shape index (κ2) is 8.75. The average Bonchev–Trinajstić information content (AvgIpc) is 3.31. The van der Waals surface area contributed by atoms with Crippen molar-refractivity contribution < 1.29 is 13.2 Å². The zero-order chi connectivity index (χ0) is 21.8. The fraction of sp³-hybridized carbons (Fsp3) is 0. The fourth-order valence-electron chi connectivity index (χ4n) is 2.89. The number of halogens is 1. The first kappa shape index (κ1) is 20.8. The third kappa shape index (κ3) is 5.01. The van der Waals surface area contributed by atoms with Gasteiger partial charge in [0.1, 0.15) is 0 Å². The van der Waals surface area contributed by atoms with Gasteiger partial charge in [0.05, 0.1) is 10.6 Å². The Bertz CT molecular complexity index is 1320. The molecule has 0 fully saturated rings. The zero-order valence-electron chi connectivity index (χ0n) is 16.1. The van der Waals surface area contributed by atoms with E-state index in [0.717, 1.165) is 10.2 Å². The summed E-state index contributed by atoms with van der Waals surface area (Å²) >= 11 is 3.31. The third-order valence-electron chi connectivity index (χ3n) is 4.38. The Balaban J connectivity index is 1.53. The van der Waals surface area contributed by atoms with Gasteiger partial charge in [-0.25, -0.2) is 13.1 Å². The Morgan fingerprint density at radius 2 is 1.68 bits per heavy atom. The minimum Gasteiger partial charge on any atom is -0.322 e. The number of hydrogen-bond acceptors (Lipinski definition) is 4. The molecule has 9 heteroatoms. The van der Waals surface area contributed by atoms with Crippen molar-refractivity contribution in [2.75, 3.05) is 10.0 Å². The minimum atomic E-state index is -3.85. The smallest absolute Gasteiger partial charge is 0.261 e. The number of carbonyl (C=O) groups is 1. The van der Waals surface area contributed by atoms with Crippen molar-refractivity contribution in [2.45, 2.75) is 4.90 Å². The number of amides is 1. The Hall–Kier alpha value is -3.43. The number of hydrogen-bond donors (Lipinski definition) is 2. The van der Waals surface area contributed by atoms with Crippen LogP contribution in [0.5, 0.6) is 0 Å². The number of nitrogens with one attached hydrogen (secondary N) is 2. The van der Waals surface area contributed by atoms with Gasteiger partial charge in [0, 0.05) is 33.8 Å². The molecular weight excluding hydrogens is 480 g/mol. The largest absolute Gasteiger partial charge is 0.322 e. The molecule has 1 aromatic heterocycles. The normalized spacial score (nSPS) is 11.1. The van der Waals surface area contributed by atoms with Gasteiger partial charge in [-0.2, -0.15) is 5.10 Å². The van der Waals surface area contributed by atoms with Gasteiger partial charge in [0.15, 0.2) is 0 Å². The maximum atomic E-state index is 12.7. The summed E-state index contributed by atoms with van der Waals surface area (Å²) in [5, 5.41) is 6.97. The molecule has 0 saturated carbocycles. The van der Waals surface area contributed by atoms with Crippen LogP contribution in [-0.2, 0) is 10.0 Å². The van der Waals surface area contributed by atoms with Crippen LogP contribution in [0, 0.1) is 0 Å². The molecule has 0 unspecified atom stereocenters. The third-order valence-corrected chi connectivity index (χ3v) is 6.28. The molecule has 0 saturated heterocycles. The zero-order valence-corrected chi connectivity index (χ0v) is 18.5. The van der Waals surface area contributed by atoms with Crippen molar-refractivity contribution in [1.29, 1.82) is 0 Å². The van der Waals surface area contributed by atoms with Gasteiger partial charge >= 0.3 is 0 Å². The molecule has 1 heterocycles. The number of nitrogens with zero attached hydrogens (tertiary/aromatic N) is 2. The van der Waals surface area contributed by atoms with Crippen LogP contribution in [0.25, 0.3) is 5.69 Å². The summed E-state index contributed by atoms with van der Waals surface area (Å²) in [7, 11) is -3.85. The summed E-state index contributed by atoms with van der Waals surface area (Å²) < 4.78 is 30.5. The minimum absolute atomic E-state index is 0.00615. The van der Waals surface area contributed by atoms with E-state index < -0.39 is 15.9 Å². The molecule has 4 rings (SSSR count). The van der Waals surface area contributed by atoms with E-state index in [1.807, 2.05) is 6.07 Å². The van der Waals surface area contributed by atoms with Gasteiger partial charge in [-0.3, -0.25) is 9.52 Å². The molecule has 0 atom stereocenters. The predicted molar refractivity (Wildman–Crippen MR) is 123 cm³/mol. The van der Waals surface area contributed by atoms with Crippen LogP contribution in [-0.4, -0.2) is 24.1 Å². The van der Waals surface area contributed by atoms with E-state index in [1.165, 1.54) is 18.2 Å². The molecular formula is C22H17BrN4O3S. The lowest BCUT2D eigenvalue weighted by molar-refractivity contribution is 0.102. The van der Waals surface area contributed by atoms with Gasteiger partial charge < -0.3 is 5.32 Å². The molecule has 4 aromatic rings. The monoisotopic (exact) mass is 496 g/mol. The van der Waals surface area contributed by atoms with Crippen LogP contribution in [0.15, 0.2) is 101 Å². The number of rotatable bonds is 6. The molecule has 7 nitrogen and oxygen atoms in total. The topological polar surface area (TPSA) is 93.1 Å². The van der Waals surface area contributed by atoms with Crippen LogP contribution in [0.4, 0.5) is 11.4 Å². The molecule has 0 bridgehead atoms. The molecule has 0 aliphatic heterocycles. The number of benzene rings is 3. The number of anilines is 2. The van der Waals surface area contributed by atoms with Crippen LogP contribution in [0.3, 0.4) is 0 Å². The number of aromatic nitrogens is 2. The lowest BCUT2D eigenvalue weighted by atomic mass is 10.2. The SMILES string of the molecule is O=C(Nc1cccc(-n2cccn2)c1)c1cccc(S(=O)(=O)Nc2ccc(Br)cc2)c1. The van der Waals surface area contributed by atoms with Gasteiger partial charge in [-0.05, 0) is 66.7 Å². The molecule has 0 aliphatic carbocycles. The van der Waals surface area contributed by atoms with E-state index in [0.29, 0.717) is 11.4 Å². The van der Waals surface area contributed by atoms with E-state index in [-0.39, 0.29) is 10.5 Å². The second-order valence-corrected chi connectivity index (χ2v) is 9.19. The highest BCUT2D eigenvalue weighted by atomic mass is 79.9. The molecule has 0 spiro atoms. The molecule has 1 amide bonds. The number of carbonyl (C=O) groups excluding carboxylic acids is 1. The Labute approximate surface area is 187 Å². The van der Waals surface area contributed by atoms with Crippen LogP contribution >= 0.6 is 15.9 Å². The number of sulfonamides is 1. The quantitative estimate of drug-likeness (QED) is 0.404. The first-order valence-electron chi connectivity index (χ1n) is 9.21. The molecule has 156 valence electrons. The summed E-state index contributed by atoms with van der Waals surface area (Å²) in [6.45, 7) is 0. The Morgan fingerprint density at radius 3 is 2.42 bits per heavy atom. The summed E-state index contributed by atoms with van der Waals surface area (Å²) in [5.41, 5.74) is 2.01. The first-order valence-corrected chi connectivity index (χ1v) is 11.5. The van der Waals surface area contributed by atoms with E-state index >= 15 is 0 Å². The van der Waals surface area contributed by atoms with Crippen molar-refractivity contribution >= 4 is 43.2 Å². The fourth-order valence-corrected chi connectivity index (χ4v) is 4.26. The van der Waals surface area contributed by atoms with Gasteiger partial charge in [0.2, 0.25) is 0 Å². The molecule has 31 heavy (non-hydrogen) atoms. The lowest BCUT2D eigenvalue weighted by Crippen LogP contribution is -2.16. The van der Waals surface area contributed by atoms with Gasteiger partial charge in [-0.1, -0.05) is 28.1 Å². The van der Waals surface area contributed by atoms with Crippen molar-refractivity contribution in [2.24, 2.45) is 0 Å². The highest BCUT2D eigenvalue weighted by molar-refractivity contribution is 9.10. The molecule has 3 aromatic carbocycles. The summed E-state index contributed by atoms with van der Waals surface area (Å²) in [5.74, 6) is -0.418. The Morgan fingerprint density at radius 1 is 0.903 bits per heavy atom. The second-order valence-electron chi connectivity index (χ2n) is 6.60. The van der Waals surface area contributed by atoms with Crippen LogP contribution < -0.4 is 10.0 Å². The predicted octanol–water partition coefficient (Wildman–Crippen LogP) is 4.69. The molecule has 2 N–H and O–H groups in total. The standard InChI is InChI=1S/C22H17BrN4O3S/c23-17-8-10-18(11-9-17)26-31(29,30)21-7-1-4-16(14-21)22(28)25-19-5-2-6-20(15-19)27-13-3-12-24-27/h1-15,26H,(H,25,28). The highest BCUT2D eigenvalue weighted by Crippen LogP contribution is 2.20. The van der Waals surface area contributed by atoms with Crippen LogP contribution in [0.2, 0.25) is 0 Å². The van der Waals surface area contributed by atoms with Gasteiger partial charge in [-0.15, -0.1) is 0 Å². The van der Waals surface area contributed by atoms with Gasteiger partial charge in [0.25, 0.3) is 15.9 Å². The van der Waals surface area contributed by atoms with E-state index in [2.05, 4.69) is 31.1 Å². The first-order chi connectivity index (χ1) is 14.9. The van der Waals surface area contributed by atoms with Crippen molar-refractivity contribution in [3.8, 4) is 5.69 Å². The van der Waals surface area contributed by atoms with Crippen molar-refractivity contribution in [3.63, 3.8) is 0 Å². The van der Waals surface area contributed by atoms with E-state index in [4.69, 9.17) is 0 Å². The highest BCUT2D eigenvalue weighted by Gasteiger charge is 2.17. The van der Waals surface area contributed by atoms with Crippen molar-refractivity contribution in [1.82, 2.24) is 9.78 Å². The molecule has 0 radical (unpaired) electrons. The van der Waals surface area contributed by atoms with E-state index in [9.17, 15) is 13.2 Å².